The highest BCUT2D eigenvalue weighted by molar-refractivity contribution is 14.0. The first-order valence-corrected chi connectivity index (χ1v) is 7.96. The highest BCUT2D eigenvalue weighted by Crippen LogP contribution is 2.25. The molecule has 0 saturated carbocycles. The van der Waals surface area contributed by atoms with Crippen LogP contribution < -0.4 is 15.4 Å². The van der Waals surface area contributed by atoms with E-state index in [2.05, 4.69) is 28.6 Å². The number of rotatable bonds is 6. The van der Waals surface area contributed by atoms with Crippen LogP contribution in [0.25, 0.3) is 0 Å². The van der Waals surface area contributed by atoms with E-state index in [1.165, 1.54) is 12.1 Å². The summed E-state index contributed by atoms with van der Waals surface area (Å²) in [6, 6.07) is 14.5. The fourth-order valence-corrected chi connectivity index (χ4v) is 2.49. The zero-order valence-electron chi connectivity index (χ0n) is 14.8. The molecule has 0 aromatic heterocycles. The predicted octanol–water partition coefficient (Wildman–Crippen LogP) is 3.92. The average Bonchev–Trinajstić information content (AvgIpc) is 2.61. The van der Waals surface area contributed by atoms with E-state index < -0.39 is 0 Å². The van der Waals surface area contributed by atoms with Crippen LogP contribution in [0.2, 0.25) is 0 Å². The Bertz CT molecular complexity index is 694. The van der Waals surface area contributed by atoms with E-state index in [1.54, 1.807) is 20.2 Å². The summed E-state index contributed by atoms with van der Waals surface area (Å²) in [5, 5.41) is 6.48. The highest BCUT2D eigenvalue weighted by atomic mass is 127. The Morgan fingerprint density at radius 2 is 1.92 bits per heavy atom. The van der Waals surface area contributed by atoms with Crippen molar-refractivity contribution < 1.29 is 9.13 Å². The van der Waals surface area contributed by atoms with Gasteiger partial charge in [-0.25, -0.2) is 4.39 Å². The Balaban J connectivity index is 0.00000312. The zero-order chi connectivity index (χ0) is 17.4. The van der Waals surface area contributed by atoms with Gasteiger partial charge in [-0.15, -0.1) is 24.0 Å². The largest absolute Gasteiger partial charge is 0.496 e. The summed E-state index contributed by atoms with van der Waals surface area (Å²) in [6.07, 6.45) is 0. The lowest BCUT2D eigenvalue weighted by atomic mass is 10.0. The van der Waals surface area contributed by atoms with Crippen molar-refractivity contribution in [3.63, 3.8) is 0 Å². The summed E-state index contributed by atoms with van der Waals surface area (Å²) in [4.78, 5) is 4.20. The number of hydrogen-bond donors (Lipinski definition) is 2. The first-order chi connectivity index (χ1) is 11.6. The van der Waals surface area contributed by atoms with E-state index in [1.807, 2.05) is 24.3 Å². The molecule has 0 heterocycles. The standard InChI is InChI=1S/C19H24FN3O.HI/c1-14(17-9-4-5-10-18(17)24-3)12-22-19(21-2)23-13-15-7-6-8-16(20)11-15;/h4-11,14H,12-13H2,1-3H3,(H2,21,22,23);1H. The van der Waals surface area contributed by atoms with Crippen molar-refractivity contribution in [2.75, 3.05) is 20.7 Å². The summed E-state index contributed by atoms with van der Waals surface area (Å²) in [7, 11) is 3.40. The van der Waals surface area contributed by atoms with Crippen LogP contribution in [-0.2, 0) is 6.54 Å². The van der Waals surface area contributed by atoms with Crippen LogP contribution in [0.3, 0.4) is 0 Å². The molecule has 2 aromatic carbocycles. The number of ether oxygens (including phenoxy) is 1. The molecule has 0 spiro atoms. The van der Waals surface area contributed by atoms with Crippen LogP contribution in [0, 0.1) is 5.82 Å². The number of aliphatic imine (C=N–C) groups is 1. The van der Waals surface area contributed by atoms with Gasteiger partial charge in [-0.05, 0) is 29.3 Å². The first-order valence-electron chi connectivity index (χ1n) is 7.96. The number of guanidine groups is 1. The van der Waals surface area contributed by atoms with Crippen LogP contribution in [0.4, 0.5) is 4.39 Å². The summed E-state index contributed by atoms with van der Waals surface area (Å²) < 4.78 is 18.6. The van der Waals surface area contributed by atoms with Gasteiger partial charge < -0.3 is 15.4 Å². The Morgan fingerprint density at radius 3 is 2.60 bits per heavy atom. The number of nitrogens with one attached hydrogen (secondary N) is 2. The summed E-state index contributed by atoms with van der Waals surface area (Å²) in [5.41, 5.74) is 2.02. The van der Waals surface area contributed by atoms with Gasteiger partial charge in [-0.3, -0.25) is 4.99 Å². The minimum Gasteiger partial charge on any atom is -0.496 e. The zero-order valence-corrected chi connectivity index (χ0v) is 17.1. The molecular formula is C19H25FIN3O. The van der Waals surface area contributed by atoms with Crippen LogP contribution in [0.15, 0.2) is 53.5 Å². The molecule has 2 rings (SSSR count). The Hall–Kier alpha value is -1.83. The van der Waals surface area contributed by atoms with Crippen molar-refractivity contribution in [1.29, 1.82) is 0 Å². The molecule has 1 unspecified atom stereocenters. The molecule has 0 saturated heterocycles. The normalized spacial score (nSPS) is 12.1. The molecule has 136 valence electrons. The number of nitrogens with zero attached hydrogens (tertiary/aromatic N) is 1. The van der Waals surface area contributed by atoms with E-state index in [9.17, 15) is 4.39 Å². The Kier molecular flexibility index (Phi) is 9.26. The van der Waals surface area contributed by atoms with Gasteiger partial charge in [0.05, 0.1) is 7.11 Å². The van der Waals surface area contributed by atoms with E-state index in [4.69, 9.17) is 4.74 Å². The molecule has 0 aliphatic rings. The van der Waals surface area contributed by atoms with Crippen LogP contribution >= 0.6 is 24.0 Å². The highest BCUT2D eigenvalue weighted by Gasteiger charge is 2.11. The van der Waals surface area contributed by atoms with Gasteiger partial charge in [-0.2, -0.15) is 0 Å². The maximum atomic E-state index is 13.2. The summed E-state index contributed by atoms with van der Waals surface area (Å²) in [6.45, 7) is 3.36. The molecule has 25 heavy (non-hydrogen) atoms. The smallest absolute Gasteiger partial charge is 0.191 e. The molecule has 0 fully saturated rings. The fraction of sp³-hybridized carbons (Fsp3) is 0.316. The average molecular weight is 457 g/mol. The summed E-state index contributed by atoms with van der Waals surface area (Å²) in [5.74, 6) is 1.59. The van der Waals surface area contributed by atoms with Gasteiger partial charge >= 0.3 is 0 Å². The van der Waals surface area contributed by atoms with Crippen molar-refractivity contribution >= 4 is 29.9 Å². The maximum Gasteiger partial charge on any atom is 0.191 e. The monoisotopic (exact) mass is 457 g/mol. The second-order valence-electron chi connectivity index (χ2n) is 5.58. The van der Waals surface area contributed by atoms with Gasteiger partial charge in [0.15, 0.2) is 5.96 Å². The van der Waals surface area contributed by atoms with Crippen molar-refractivity contribution in [1.82, 2.24) is 10.6 Å². The molecule has 1 atom stereocenters. The molecule has 2 N–H and O–H groups in total. The van der Waals surface area contributed by atoms with Crippen molar-refractivity contribution in [2.24, 2.45) is 4.99 Å². The first kappa shape index (κ1) is 21.2. The molecule has 0 bridgehead atoms. The van der Waals surface area contributed by atoms with Gasteiger partial charge in [0.1, 0.15) is 11.6 Å². The Morgan fingerprint density at radius 1 is 1.16 bits per heavy atom. The lowest BCUT2D eigenvalue weighted by molar-refractivity contribution is 0.406. The van der Waals surface area contributed by atoms with Gasteiger partial charge in [-0.1, -0.05) is 37.3 Å². The number of halogens is 2. The molecule has 4 nitrogen and oxygen atoms in total. The van der Waals surface area contributed by atoms with Crippen molar-refractivity contribution in [3.8, 4) is 5.75 Å². The molecule has 0 radical (unpaired) electrons. The van der Waals surface area contributed by atoms with E-state index in [-0.39, 0.29) is 35.7 Å². The van der Waals surface area contributed by atoms with Crippen LogP contribution in [0.1, 0.15) is 24.0 Å². The van der Waals surface area contributed by atoms with E-state index in [0.717, 1.165) is 16.9 Å². The minimum absolute atomic E-state index is 0. The predicted molar refractivity (Wildman–Crippen MR) is 111 cm³/mol. The number of para-hydroxylation sites is 1. The minimum atomic E-state index is -0.234. The molecule has 0 amide bonds. The molecule has 0 aliphatic heterocycles. The van der Waals surface area contributed by atoms with Gasteiger partial charge in [0.25, 0.3) is 0 Å². The van der Waals surface area contributed by atoms with Crippen LogP contribution in [0.5, 0.6) is 5.75 Å². The van der Waals surface area contributed by atoms with Crippen molar-refractivity contribution in [2.45, 2.75) is 19.4 Å². The van der Waals surface area contributed by atoms with E-state index in [0.29, 0.717) is 19.0 Å². The number of hydrogen-bond acceptors (Lipinski definition) is 2. The van der Waals surface area contributed by atoms with E-state index >= 15 is 0 Å². The third-order valence-electron chi connectivity index (χ3n) is 3.82. The second-order valence-corrected chi connectivity index (χ2v) is 5.58. The third kappa shape index (κ3) is 6.53. The third-order valence-corrected chi connectivity index (χ3v) is 3.82. The second kappa shape index (κ2) is 10.9. The van der Waals surface area contributed by atoms with Gasteiger partial charge in [0, 0.05) is 26.1 Å². The Labute approximate surface area is 165 Å². The quantitative estimate of drug-likeness (QED) is 0.393. The number of benzene rings is 2. The SMILES string of the molecule is CN=C(NCc1cccc(F)c1)NCC(C)c1ccccc1OC.I. The lowest BCUT2D eigenvalue weighted by Gasteiger charge is -2.18. The molecular weight excluding hydrogens is 432 g/mol. The van der Waals surface area contributed by atoms with Crippen LogP contribution in [-0.4, -0.2) is 26.7 Å². The molecule has 2 aromatic rings. The maximum absolute atomic E-state index is 13.2. The molecule has 0 aliphatic carbocycles. The lowest BCUT2D eigenvalue weighted by Crippen LogP contribution is -2.38. The molecule has 6 heteroatoms. The van der Waals surface area contributed by atoms with Gasteiger partial charge in [0.2, 0.25) is 0 Å². The number of methoxy groups -OCH3 is 1. The topological polar surface area (TPSA) is 45.7 Å². The fourth-order valence-electron chi connectivity index (χ4n) is 2.49. The van der Waals surface area contributed by atoms with Crippen molar-refractivity contribution in [3.05, 3.63) is 65.5 Å². The summed E-state index contributed by atoms with van der Waals surface area (Å²) >= 11 is 0.